The van der Waals surface area contributed by atoms with Crippen LogP contribution >= 0.6 is 15.9 Å². The van der Waals surface area contributed by atoms with Crippen molar-refractivity contribution in [3.8, 4) is 0 Å². The second-order valence-electron chi connectivity index (χ2n) is 5.03. The smallest absolute Gasteiger partial charge is 0.166 e. The lowest BCUT2D eigenvalue weighted by Gasteiger charge is -2.25. The van der Waals surface area contributed by atoms with Gasteiger partial charge in [0.05, 0.1) is 5.56 Å². The number of benzene rings is 1. The number of hydrogen-bond donors (Lipinski definition) is 0. The SMILES string of the molecule is FC(F)(F)c1cccc(CC2CCCC(Br)C2)c1. The molecule has 100 valence electrons. The summed E-state index contributed by atoms with van der Waals surface area (Å²) in [6, 6.07) is 5.73. The molecule has 0 aliphatic heterocycles. The van der Waals surface area contributed by atoms with Crippen LogP contribution in [0.3, 0.4) is 0 Å². The lowest BCUT2D eigenvalue weighted by Crippen LogP contribution is -2.17. The Bertz CT molecular complexity index is 400. The summed E-state index contributed by atoms with van der Waals surface area (Å²) in [5, 5.41) is 0. The van der Waals surface area contributed by atoms with Crippen LogP contribution in [0.25, 0.3) is 0 Å². The third-order valence-corrected chi connectivity index (χ3v) is 4.33. The predicted octanol–water partition coefficient (Wildman–Crippen LogP) is 5.20. The molecular weight excluding hydrogens is 305 g/mol. The van der Waals surface area contributed by atoms with Crippen LogP contribution in [-0.2, 0) is 12.6 Å². The van der Waals surface area contributed by atoms with Crippen molar-refractivity contribution in [3.05, 3.63) is 35.4 Å². The first kappa shape index (κ1) is 13.9. The van der Waals surface area contributed by atoms with Gasteiger partial charge in [-0.2, -0.15) is 13.2 Å². The minimum absolute atomic E-state index is 0.506. The molecule has 0 amide bonds. The molecule has 1 saturated carbocycles. The summed E-state index contributed by atoms with van der Waals surface area (Å²) < 4.78 is 37.8. The Kier molecular flexibility index (Phi) is 4.36. The largest absolute Gasteiger partial charge is 0.416 e. The monoisotopic (exact) mass is 320 g/mol. The topological polar surface area (TPSA) is 0 Å². The van der Waals surface area contributed by atoms with Crippen LogP contribution in [0.1, 0.15) is 36.8 Å². The van der Waals surface area contributed by atoms with Gasteiger partial charge in [-0.3, -0.25) is 0 Å². The van der Waals surface area contributed by atoms with Gasteiger partial charge < -0.3 is 0 Å². The van der Waals surface area contributed by atoms with Gasteiger partial charge in [0, 0.05) is 4.83 Å². The van der Waals surface area contributed by atoms with Gasteiger partial charge in [0.25, 0.3) is 0 Å². The first-order chi connectivity index (χ1) is 8.45. The summed E-state index contributed by atoms with van der Waals surface area (Å²) in [7, 11) is 0. The Labute approximate surface area is 114 Å². The third kappa shape index (κ3) is 3.74. The number of halogens is 4. The molecule has 1 aromatic carbocycles. The standard InChI is InChI=1S/C14H16BrF3/c15-13-6-2-4-11(9-13)7-10-3-1-5-12(8-10)14(16,17)18/h1,3,5,8,11,13H,2,4,6-7,9H2. The molecule has 0 nitrogen and oxygen atoms in total. The molecule has 4 heteroatoms. The van der Waals surface area contributed by atoms with E-state index in [1.54, 1.807) is 6.07 Å². The molecule has 0 bridgehead atoms. The summed E-state index contributed by atoms with van der Waals surface area (Å²) in [6.07, 6.45) is 1.06. The van der Waals surface area contributed by atoms with Crippen LogP contribution < -0.4 is 0 Å². The molecule has 0 spiro atoms. The average molecular weight is 321 g/mol. The minimum atomic E-state index is -4.24. The zero-order chi connectivity index (χ0) is 13.2. The van der Waals surface area contributed by atoms with Crippen molar-refractivity contribution < 1.29 is 13.2 Å². The fourth-order valence-corrected chi connectivity index (χ4v) is 3.47. The highest BCUT2D eigenvalue weighted by molar-refractivity contribution is 9.09. The molecule has 0 N–H and O–H groups in total. The fourth-order valence-electron chi connectivity index (χ4n) is 2.62. The van der Waals surface area contributed by atoms with Gasteiger partial charge in [-0.05, 0) is 36.8 Å². The quantitative estimate of drug-likeness (QED) is 0.657. The van der Waals surface area contributed by atoms with Gasteiger partial charge in [0.1, 0.15) is 0 Å². The van der Waals surface area contributed by atoms with E-state index in [4.69, 9.17) is 0 Å². The van der Waals surface area contributed by atoms with Gasteiger partial charge in [-0.25, -0.2) is 0 Å². The molecular formula is C14H16BrF3. The maximum atomic E-state index is 12.6. The van der Waals surface area contributed by atoms with E-state index in [-0.39, 0.29) is 0 Å². The van der Waals surface area contributed by atoms with Gasteiger partial charge in [0.2, 0.25) is 0 Å². The summed E-state index contributed by atoms with van der Waals surface area (Å²) in [5.74, 6) is 0.506. The van der Waals surface area contributed by atoms with Crippen molar-refractivity contribution in [1.82, 2.24) is 0 Å². The highest BCUT2D eigenvalue weighted by Gasteiger charge is 2.30. The molecule has 0 saturated heterocycles. The minimum Gasteiger partial charge on any atom is -0.166 e. The Morgan fingerprint density at radius 1 is 1.22 bits per heavy atom. The number of rotatable bonds is 2. The van der Waals surface area contributed by atoms with E-state index in [0.29, 0.717) is 10.7 Å². The molecule has 18 heavy (non-hydrogen) atoms. The Morgan fingerprint density at radius 2 is 2.00 bits per heavy atom. The Balaban J connectivity index is 2.05. The van der Waals surface area contributed by atoms with Crippen LogP contribution in [0.4, 0.5) is 13.2 Å². The lowest BCUT2D eigenvalue weighted by molar-refractivity contribution is -0.137. The molecule has 1 aliphatic carbocycles. The molecule has 1 aromatic rings. The molecule has 1 fully saturated rings. The van der Waals surface area contributed by atoms with Crippen LogP contribution in [0.2, 0.25) is 0 Å². The van der Waals surface area contributed by atoms with E-state index < -0.39 is 11.7 Å². The summed E-state index contributed by atoms with van der Waals surface area (Å²) in [6.45, 7) is 0. The normalized spacial score (nSPS) is 25.1. The van der Waals surface area contributed by atoms with Crippen LogP contribution in [0, 0.1) is 5.92 Å². The van der Waals surface area contributed by atoms with E-state index in [0.717, 1.165) is 30.9 Å². The van der Waals surface area contributed by atoms with E-state index >= 15 is 0 Å². The van der Waals surface area contributed by atoms with Gasteiger partial charge in [-0.1, -0.05) is 47.0 Å². The maximum Gasteiger partial charge on any atom is 0.416 e. The molecule has 2 rings (SSSR count). The second kappa shape index (κ2) is 5.64. The molecule has 2 atom stereocenters. The first-order valence-corrected chi connectivity index (χ1v) is 7.17. The van der Waals surface area contributed by atoms with E-state index in [1.165, 1.54) is 25.0 Å². The van der Waals surface area contributed by atoms with Crippen LogP contribution in [0.5, 0.6) is 0 Å². The molecule has 0 heterocycles. The van der Waals surface area contributed by atoms with Crippen molar-refractivity contribution in [1.29, 1.82) is 0 Å². The van der Waals surface area contributed by atoms with Crippen molar-refractivity contribution in [2.75, 3.05) is 0 Å². The first-order valence-electron chi connectivity index (χ1n) is 6.25. The third-order valence-electron chi connectivity index (χ3n) is 3.50. The zero-order valence-electron chi connectivity index (χ0n) is 10.0. The molecule has 2 unspecified atom stereocenters. The average Bonchev–Trinajstić information content (AvgIpc) is 2.28. The summed E-state index contributed by atoms with van der Waals surface area (Å²) in [5.41, 5.74) is 0.266. The maximum absolute atomic E-state index is 12.6. The highest BCUT2D eigenvalue weighted by atomic mass is 79.9. The number of alkyl halides is 4. The van der Waals surface area contributed by atoms with Gasteiger partial charge >= 0.3 is 6.18 Å². The Hall–Kier alpha value is -0.510. The zero-order valence-corrected chi connectivity index (χ0v) is 11.6. The van der Waals surface area contributed by atoms with Crippen molar-refractivity contribution in [2.45, 2.75) is 43.1 Å². The summed E-state index contributed by atoms with van der Waals surface area (Å²) >= 11 is 3.61. The van der Waals surface area contributed by atoms with Gasteiger partial charge in [-0.15, -0.1) is 0 Å². The molecule has 0 radical (unpaired) electrons. The van der Waals surface area contributed by atoms with E-state index in [2.05, 4.69) is 15.9 Å². The van der Waals surface area contributed by atoms with Crippen LogP contribution in [-0.4, -0.2) is 4.83 Å². The van der Waals surface area contributed by atoms with Gasteiger partial charge in [0.15, 0.2) is 0 Å². The number of hydrogen-bond acceptors (Lipinski definition) is 0. The lowest BCUT2D eigenvalue weighted by atomic mass is 9.84. The Morgan fingerprint density at radius 3 is 2.67 bits per heavy atom. The second-order valence-corrected chi connectivity index (χ2v) is 6.33. The highest BCUT2D eigenvalue weighted by Crippen LogP contribution is 2.33. The fraction of sp³-hybridized carbons (Fsp3) is 0.571. The van der Waals surface area contributed by atoms with Crippen molar-refractivity contribution >= 4 is 15.9 Å². The van der Waals surface area contributed by atoms with E-state index in [1.807, 2.05) is 0 Å². The predicted molar refractivity (Wildman–Crippen MR) is 69.8 cm³/mol. The molecule has 0 aromatic heterocycles. The van der Waals surface area contributed by atoms with E-state index in [9.17, 15) is 13.2 Å². The van der Waals surface area contributed by atoms with Crippen molar-refractivity contribution in [3.63, 3.8) is 0 Å². The molecule has 1 aliphatic rings. The van der Waals surface area contributed by atoms with Crippen LogP contribution in [0.15, 0.2) is 24.3 Å². The van der Waals surface area contributed by atoms with Crippen molar-refractivity contribution in [2.24, 2.45) is 5.92 Å². The summed E-state index contributed by atoms with van der Waals surface area (Å²) in [4.78, 5) is 0.530.